The second-order valence-electron chi connectivity index (χ2n) is 17.0. The van der Waals surface area contributed by atoms with Crippen molar-refractivity contribution >= 4 is 46.4 Å². The Morgan fingerprint density at radius 2 is 1.54 bits per heavy atom. The van der Waals surface area contributed by atoms with E-state index >= 15 is 0 Å². The lowest BCUT2D eigenvalue weighted by atomic mass is 9.81. The molecule has 292 valence electrons. The number of carbonyl (C=O) groups is 6. The second kappa shape index (κ2) is 16.9. The molecule has 1 aliphatic heterocycles. The number of hydrogen-bond acceptors (Lipinski definition) is 8. The van der Waals surface area contributed by atoms with E-state index < -0.39 is 59.0 Å². The fraction of sp³-hybridized carbons (Fsp3) is 0.659. The zero-order chi connectivity index (χ0) is 38.6. The minimum Gasteiger partial charge on any atom is -0.347 e. The van der Waals surface area contributed by atoms with Gasteiger partial charge in [0.15, 0.2) is 0 Å². The molecule has 1 unspecified atom stereocenters. The number of para-hydroxylation sites is 2. The van der Waals surface area contributed by atoms with Crippen molar-refractivity contribution in [3.05, 3.63) is 36.2 Å². The number of benzene rings is 1. The summed E-state index contributed by atoms with van der Waals surface area (Å²) in [7, 11) is 0. The number of aromatic nitrogens is 2. The van der Waals surface area contributed by atoms with Gasteiger partial charge in [-0.1, -0.05) is 78.4 Å². The highest BCUT2D eigenvalue weighted by Gasteiger charge is 2.51. The fourth-order valence-corrected chi connectivity index (χ4v) is 8.66. The third-order valence-electron chi connectivity index (χ3n) is 11.8. The van der Waals surface area contributed by atoms with Crippen molar-refractivity contribution < 1.29 is 28.8 Å². The van der Waals surface area contributed by atoms with Crippen molar-refractivity contribution in [2.45, 2.75) is 154 Å². The van der Waals surface area contributed by atoms with Crippen molar-refractivity contribution in [2.24, 2.45) is 17.3 Å². The Labute approximate surface area is 318 Å². The average molecular weight is 744 g/mol. The maximum Gasteiger partial charge on any atom is 0.289 e. The monoisotopic (exact) mass is 743 g/mol. The van der Waals surface area contributed by atoms with Gasteiger partial charge in [-0.25, -0.2) is 4.98 Å². The van der Waals surface area contributed by atoms with Crippen LogP contribution < -0.4 is 21.3 Å². The van der Waals surface area contributed by atoms with Crippen LogP contribution in [0.3, 0.4) is 0 Å². The minimum atomic E-state index is -1.01. The predicted octanol–water partition coefficient (Wildman–Crippen LogP) is 4.13. The van der Waals surface area contributed by atoms with Crippen LogP contribution in [0.25, 0.3) is 11.0 Å². The van der Waals surface area contributed by atoms with Gasteiger partial charge in [0.1, 0.15) is 23.8 Å². The zero-order valence-corrected chi connectivity index (χ0v) is 32.2. The van der Waals surface area contributed by atoms with Crippen LogP contribution in [-0.2, 0) is 24.0 Å². The zero-order valence-electron chi connectivity index (χ0n) is 32.2. The van der Waals surface area contributed by atoms with Crippen molar-refractivity contribution in [3.63, 3.8) is 0 Å². The number of fused-ring (bicyclic) bond motifs is 2. The molecule has 6 atom stereocenters. The van der Waals surface area contributed by atoms with Crippen LogP contribution >= 0.6 is 0 Å². The summed E-state index contributed by atoms with van der Waals surface area (Å²) in [5, 5.41) is 11.6. The normalized spacial score (nSPS) is 23.4. The molecular weight excluding hydrogens is 686 g/mol. The van der Waals surface area contributed by atoms with E-state index in [-0.39, 0.29) is 35.5 Å². The molecule has 1 saturated heterocycles. The van der Waals surface area contributed by atoms with E-state index in [0.29, 0.717) is 30.3 Å². The second-order valence-corrected chi connectivity index (χ2v) is 17.0. The Bertz CT molecular complexity index is 1730. The number of nitrogens with one attached hydrogen (secondary N) is 4. The number of amides is 5. The maximum atomic E-state index is 14.9. The molecule has 4 aliphatic rings. The molecule has 1 aromatic carbocycles. The first-order valence-electron chi connectivity index (χ1n) is 20.2. The van der Waals surface area contributed by atoms with Crippen LogP contribution in [0.5, 0.6) is 0 Å². The summed E-state index contributed by atoms with van der Waals surface area (Å²) < 4.78 is 0. The molecule has 5 amide bonds. The molecule has 0 radical (unpaired) electrons. The molecule has 3 aliphatic carbocycles. The lowest BCUT2D eigenvalue weighted by Crippen LogP contribution is -2.63. The summed E-state index contributed by atoms with van der Waals surface area (Å²) in [6.07, 6.45) is 12.4. The first-order valence-corrected chi connectivity index (χ1v) is 20.2. The van der Waals surface area contributed by atoms with E-state index in [1.165, 1.54) is 6.20 Å². The van der Waals surface area contributed by atoms with E-state index in [2.05, 4.69) is 31.2 Å². The smallest absolute Gasteiger partial charge is 0.289 e. The maximum absolute atomic E-state index is 14.9. The van der Waals surface area contributed by atoms with E-state index in [4.69, 9.17) is 0 Å². The van der Waals surface area contributed by atoms with Gasteiger partial charge in [-0.2, -0.15) is 0 Å². The number of Topliss-reactive ketones (excluding diaryl/α,β-unsaturated/α-hetero) is 1. The third-order valence-corrected chi connectivity index (χ3v) is 11.8. The van der Waals surface area contributed by atoms with E-state index in [9.17, 15) is 28.8 Å². The highest BCUT2D eigenvalue weighted by Crippen LogP contribution is 2.41. The van der Waals surface area contributed by atoms with Crippen molar-refractivity contribution in [1.82, 2.24) is 36.1 Å². The standard InChI is InChI=1S/C41H57N7O6/c1-5-13-29(34(49)39(53)43-26-20-21-26)45-37(51)32-22-25-16-9-12-19-31(25)48(32)40(54)35(41(2,3)4)47-38(52)33(24-14-7-6-8-15-24)46-36(50)30-23-42-27-17-10-11-18-28(27)44-30/h10-11,17-18,23-26,29,31-33,35H,5-9,12-16,19-22H2,1-4H3,(H,43,53)(H,45,51)(H,46,50)(H,47,52)/t25-,29-,31-,32-,33?,35+/m0/s1. The highest BCUT2D eigenvalue weighted by atomic mass is 16.2. The van der Waals surface area contributed by atoms with Crippen molar-refractivity contribution in [2.75, 3.05) is 0 Å². The lowest BCUT2D eigenvalue weighted by molar-refractivity contribution is -0.147. The third kappa shape index (κ3) is 9.09. The van der Waals surface area contributed by atoms with Crippen molar-refractivity contribution in [1.29, 1.82) is 0 Å². The van der Waals surface area contributed by atoms with Gasteiger partial charge in [0.2, 0.25) is 23.5 Å². The summed E-state index contributed by atoms with van der Waals surface area (Å²) in [5.41, 5.74) is 0.569. The van der Waals surface area contributed by atoms with Gasteiger partial charge in [-0.05, 0) is 80.8 Å². The molecule has 4 fully saturated rings. The molecular formula is C41H57N7O6. The fourth-order valence-electron chi connectivity index (χ4n) is 8.66. The van der Waals surface area contributed by atoms with Gasteiger partial charge in [0.05, 0.1) is 23.3 Å². The average Bonchev–Trinajstić information content (AvgIpc) is 3.90. The number of ketones is 1. The summed E-state index contributed by atoms with van der Waals surface area (Å²) in [6.45, 7) is 7.53. The molecule has 13 heteroatoms. The van der Waals surface area contributed by atoms with Crippen LogP contribution in [-0.4, -0.2) is 86.4 Å². The predicted molar refractivity (Wildman–Crippen MR) is 203 cm³/mol. The Morgan fingerprint density at radius 3 is 2.22 bits per heavy atom. The minimum absolute atomic E-state index is 0.00780. The van der Waals surface area contributed by atoms with Gasteiger partial charge in [-0.3, -0.25) is 33.8 Å². The van der Waals surface area contributed by atoms with Crippen LogP contribution in [0.2, 0.25) is 0 Å². The summed E-state index contributed by atoms with van der Waals surface area (Å²) in [6, 6.07) is 3.30. The molecule has 1 aromatic heterocycles. The quantitative estimate of drug-likeness (QED) is 0.221. The number of carbonyl (C=O) groups excluding carboxylic acids is 6. The molecule has 0 bridgehead atoms. The topological polar surface area (TPSA) is 180 Å². The van der Waals surface area contributed by atoms with Crippen molar-refractivity contribution in [3.8, 4) is 0 Å². The molecule has 2 heterocycles. The SMILES string of the molecule is CCC[C@H](NC(=O)[C@@H]1C[C@@H]2CCCC[C@@H]2N1C(=O)[C@@H](NC(=O)C(NC(=O)c1cnc2ccccc2n1)C1CCCCC1)C(C)(C)C)C(=O)C(=O)NC1CC1. The molecule has 3 saturated carbocycles. The first kappa shape index (κ1) is 39.3. The van der Waals surface area contributed by atoms with Crippen LogP contribution in [0.1, 0.15) is 128 Å². The Balaban J connectivity index is 1.23. The number of nitrogens with zero attached hydrogens (tertiary/aromatic N) is 3. The molecule has 6 rings (SSSR count). The van der Waals surface area contributed by atoms with E-state index in [1.54, 1.807) is 11.0 Å². The van der Waals surface area contributed by atoms with E-state index in [0.717, 1.165) is 70.6 Å². The molecule has 54 heavy (non-hydrogen) atoms. The van der Waals surface area contributed by atoms with Gasteiger partial charge in [0.25, 0.3) is 11.8 Å². The van der Waals surface area contributed by atoms with E-state index in [1.807, 2.05) is 45.9 Å². The number of hydrogen-bond donors (Lipinski definition) is 4. The van der Waals surface area contributed by atoms with Crippen LogP contribution in [0.15, 0.2) is 30.5 Å². The highest BCUT2D eigenvalue weighted by molar-refractivity contribution is 6.38. The van der Waals surface area contributed by atoms with Gasteiger partial charge >= 0.3 is 0 Å². The molecule has 0 spiro atoms. The van der Waals surface area contributed by atoms with Gasteiger partial charge in [0, 0.05) is 12.1 Å². The van der Waals surface area contributed by atoms with Crippen LogP contribution in [0.4, 0.5) is 0 Å². The Morgan fingerprint density at radius 1 is 0.852 bits per heavy atom. The Hall–Kier alpha value is -4.42. The first-order chi connectivity index (χ1) is 25.8. The number of rotatable bonds is 13. The number of likely N-dealkylation sites (tertiary alicyclic amines) is 1. The van der Waals surface area contributed by atoms with Crippen LogP contribution in [0, 0.1) is 17.3 Å². The summed E-state index contributed by atoms with van der Waals surface area (Å²) in [4.78, 5) is 93.7. The lowest BCUT2D eigenvalue weighted by Gasteiger charge is -2.40. The molecule has 13 nitrogen and oxygen atoms in total. The Kier molecular flexibility index (Phi) is 12.3. The van der Waals surface area contributed by atoms with Gasteiger partial charge < -0.3 is 26.2 Å². The van der Waals surface area contributed by atoms with Gasteiger partial charge in [-0.15, -0.1) is 0 Å². The summed E-state index contributed by atoms with van der Waals surface area (Å²) >= 11 is 0. The molecule has 2 aromatic rings. The largest absolute Gasteiger partial charge is 0.347 e. The molecule has 4 N–H and O–H groups in total. The summed E-state index contributed by atoms with van der Waals surface area (Å²) in [5.74, 6) is -3.16.